The Balaban J connectivity index is 1.96. The Morgan fingerprint density at radius 3 is 2.58 bits per heavy atom. The SMILES string of the molecule is Cc1cc(NCCc2ccc(Cl)cc2)c(N)cc1F. The minimum absolute atomic E-state index is 0.277. The van der Waals surface area contributed by atoms with Crippen LogP contribution < -0.4 is 11.1 Å². The van der Waals surface area contributed by atoms with E-state index in [9.17, 15) is 4.39 Å². The van der Waals surface area contributed by atoms with Crippen molar-refractivity contribution in [2.45, 2.75) is 13.3 Å². The molecule has 0 radical (unpaired) electrons. The Morgan fingerprint density at radius 2 is 1.89 bits per heavy atom. The normalized spacial score (nSPS) is 10.5. The van der Waals surface area contributed by atoms with Crippen LogP contribution in [0, 0.1) is 12.7 Å². The van der Waals surface area contributed by atoms with Crippen molar-refractivity contribution in [1.29, 1.82) is 0 Å². The first-order valence-electron chi connectivity index (χ1n) is 6.10. The van der Waals surface area contributed by atoms with Crippen molar-refractivity contribution >= 4 is 23.0 Å². The van der Waals surface area contributed by atoms with Gasteiger partial charge in [0.15, 0.2) is 0 Å². The van der Waals surface area contributed by atoms with Crippen LogP contribution in [0.2, 0.25) is 5.02 Å². The molecule has 3 N–H and O–H groups in total. The second-order valence-electron chi connectivity index (χ2n) is 4.49. The van der Waals surface area contributed by atoms with Crippen LogP contribution in [0.15, 0.2) is 36.4 Å². The Labute approximate surface area is 117 Å². The lowest BCUT2D eigenvalue weighted by molar-refractivity contribution is 0.619. The summed E-state index contributed by atoms with van der Waals surface area (Å²) in [5.41, 5.74) is 8.75. The van der Waals surface area contributed by atoms with Gasteiger partial charge in [-0.25, -0.2) is 4.39 Å². The van der Waals surface area contributed by atoms with Crippen molar-refractivity contribution in [2.24, 2.45) is 0 Å². The van der Waals surface area contributed by atoms with Crippen molar-refractivity contribution in [1.82, 2.24) is 0 Å². The molecule has 0 aliphatic rings. The van der Waals surface area contributed by atoms with Crippen molar-refractivity contribution in [3.05, 3.63) is 58.4 Å². The second-order valence-corrected chi connectivity index (χ2v) is 4.93. The molecular weight excluding hydrogens is 263 g/mol. The van der Waals surface area contributed by atoms with E-state index < -0.39 is 0 Å². The predicted octanol–water partition coefficient (Wildman–Crippen LogP) is 4.02. The quantitative estimate of drug-likeness (QED) is 0.829. The number of halogens is 2. The van der Waals surface area contributed by atoms with Gasteiger partial charge in [0.2, 0.25) is 0 Å². The lowest BCUT2D eigenvalue weighted by Crippen LogP contribution is -2.07. The van der Waals surface area contributed by atoms with E-state index in [4.69, 9.17) is 17.3 Å². The molecule has 0 aromatic heterocycles. The number of benzene rings is 2. The van der Waals surface area contributed by atoms with Gasteiger partial charge in [0.05, 0.1) is 11.4 Å². The molecule has 0 heterocycles. The number of aryl methyl sites for hydroxylation is 1. The molecule has 2 rings (SSSR count). The highest BCUT2D eigenvalue weighted by molar-refractivity contribution is 6.30. The number of hydrogen-bond donors (Lipinski definition) is 2. The molecule has 0 aliphatic heterocycles. The summed E-state index contributed by atoms with van der Waals surface area (Å²) < 4.78 is 13.3. The molecule has 0 unspecified atom stereocenters. The minimum Gasteiger partial charge on any atom is -0.397 e. The molecule has 4 heteroatoms. The van der Waals surface area contributed by atoms with Crippen LogP contribution in [0.4, 0.5) is 15.8 Å². The zero-order valence-electron chi connectivity index (χ0n) is 10.7. The molecule has 0 saturated carbocycles. The van der Waals surface area contributed by atoms with Crippen molar-refractivity contribution in [3.8, 4) is 0 Å². The van der Waals surface area contributed by atoms with E-state index in [0.29, 0.717) is 11.3 Å². The molecule has 0 fully saturated rings. The summed E-state index contributed by atoms with van der Waals surface area (Å²) in [6.45, 7) is 2.45. The zero-order valence-corrected chi connectivity index (χ0v) is 11.5. The molecule has 2 aromatic rings. The zero-order chi connectivity index (χ0) is 13.8. The summed E-state index contributed by atoms with van der Waals surface area (Å²) in [7, 11) is 0. The number of nitrogen functional groups attached to an aromatic ring is 1. The van der Waals surface area contributed by atoms with Crippen molar-refractivity contribution in [3.63, 3.8) is 0 Å². The van der Waals surface area contributed by atoms with Crippen LogP contribution >= 0.6 is 11.6 Å². The smallest absolute Gasteiger partial charge is 0.128 e. The van der Waals surface area contributed by atoms with Crippen molar-refractivity contribution in [2.75, 3.05) is 17.6 Å². The predicted molar refractivity (Wildman–Crippen MR) is 79.2 cm³/mol. The first-order chi connectivity index (χ1) is 9.06. The van der Waals surface area contributed by atoms with Crippen LogP contribution in [-0.4, -0.2) is 6.54 Å². The summed E-state index contributed by atoms with van der Waals surface area (Å²) in [6, 6.07) is 10.8. The van der Waals surface area contributed by atoms with E-state index in [1.54, 1.807) is 13.0 Å². The fourth-order valence-corrected chi connectivity index (χ4v) is 1.97. The van der Waals surface area contributed by atoms with Gasteiger partial charge in [-0.3, -0.25) is 0 Å². The number of nitrogens with two attached hydrogens (primary N) is 1. The van der Waals surface area contributed by atoms with Gasteiger partial charge in [-0.1, -0.05) is 23.7 Å². The molecule has 0 amide bonds. The number of hydrogen-bond acceptors (Lipinski definition) is 2. The first kappa shape index (κ1) is 13.7. The Morgan fingerprint density at radius 1 is 1.21 bits per heavy atom. The van der Waals surface area contributed by atoms with Gasteiger partial charge in [0.1, 0.15) is 5.82 Å². The third kappa shape index (κ3) is 3.61. The van der Waals surface area contributed by atoms with Crippen LogP contribution in [0.1, 0.15) is 11.1 Å². The van der Waals surface area contributed by atoms with E-state index >= 15 is 0 Å². The molecule has 100 valence electrons. The minimum atomic E-state index is -0.277. The van der Waals surface area contributed by atoms with Gasteiger partial charge >= 0.3 is 0 Å². The van der Waals surface area contributed by atoms with E-state index in [2.05, 4.69) is 5.32 Å². The molecule has 0 bridgehead atoms. The summed E-state index contributed by atoms with van der Waals surface area (Å²) in [5, 5.41) is 3.95. The van der Waals surface area contributed by atoms with Crippen LogP contribution in [0.5, 0.6) is 0 Å². The maximum Gasteiger partial charge on any atom is 0.128 e. The third-order valence-corrected chi connectivity index (χ3v) is 3.23. The van der Waals surface area contributed by atoms with Gasteiger partial charge in [-0.15, -0.1) is 0 Å². The summed E-state index contributed by atoms with van der Waals surface area (Å²) in [6.07, 6.45) is 0.854. The topological polar surface area (TPSA) is 38.0 Å². The maximum atomic E-state index is 13.3. The lowest BCUT2D eigenvalue weighted by Gasteiger charge is -2.11. The van der Waals surface area contributed by atoms with Crippen molar-refractivity contribution < 1.29 is 4.39 Å². The van der Waals surface area contributed by atoms with E-state index in [-0.39, 0.29) is 5.82 Å². The summed E-state index contributed by atoms with van der Waals surface area (Å²) in [4.78, 5) is 0. The van der Waals surface area contributed by atoms with Crippen LogP contribution in [-0.2, 0) is 6.42 Å². The average Bonchev–Trinajstić information content (AvgIpc) is 2.38. The highest BCUT2D eigenvalue weighted by Gasteiger charge is 2.04. The third-order valence-electron chi connectivity index (χ3n) is 2.97. The van der Waals surface area contributed by atoms with Gasteiger partial charge < -0.3 is 11.1 Å². The van der Waals surface area contributed by atoms with Crippen LogP contribution in [0.25, 0.3) is 0 Å². The van der Waals surface area contributed by atoms with E-state index in [0.717, 1.165) is 23.7 Å². The standard InChI is InChI=1S/C15H16ClFN2/c1-10-8-15(14(18)9-13(10)17)19-7-6-11-2-4-12(16)5-3-11/h2-5,8-9,19H,6-7,18H2,1H3. The number of rotatable bonds is 4. The number of anilines is 2. The highest BCUT2D eigenvalue weighted by Crippen LogP contribution is 2.22. The summed E-state index contributed by atoms with van der Waals surface area (Å²) in [5.74, 6) is -0.277. The molecular formula is C15H16ClFN2. The fourth-order valence-electron chi connectivity index (χ4n) is 1.84. The molecule has 2 aromatic carbocycles. The molecule has 19 heavy (non-hydrogen) atoms. The number of nitrogens with one attached hydrogen (secondary N) is 1. The maximum absolute atomic E-state index is 13.3. The van der Waals surface area contributed by atoms with Gasteiger partial charge in [-0.05, 0) is 48.7 Å². The average molecular weight is 279 g/mol. The second kappa shape index (κ2) is 5.93. The first-order valence-corrected chi connectivity index (χ1v) is 6.48. The largest absolute Gasteiger partial charge is 0.397 e. The molecule has 0 aliphatic carbocycles. The highest BCUT2D eigenvalue weighted by atomic mass is 35.5. The van der Waals surface area contributed by atoms with E-state index in [1.165, 1.54) is 11.6 Å². The Kier molecular flexibility index (Phi) is 4.27. The molecule has 0 atom stereocenters. The lowest BCUT2D eigenvalue weighted by atomic mass is 10.1. The molecule has 0 spiro atoms. The molecule has 2 nitrogen and oxygen atoms in total. The van der Waals surface area contributed by atoms with Gasteiger partial charge in [0.25, 0.3) is 0 Å². The van der Waals surface area contributed by atoms with E-state index in [1.807, 2.05) is 24.3 Å². The summed E-state index contributed by atoms with van der Waals surface area (Å²) >= 11 is 5.83. The van der Waals surface area contributed by atoms with Gasteiger partial charge in [-0.2, -0.15) is 0 Å². The Bertz CT molecular complexity index is 567. The fraction of sp³-hybridized carbons (Fsp3) is 0.200. The monoisotopic (exact) mass is 278 g/mol. The van der Waals surface area contributed by atoms with Crippen LogP contribution in [0.3, 0.4) is 0 Å². The molecule has 0 saturated heterocycles. The Hall–Kier alpha value is -1.74. The van der Waals surface area contributed by atoms with Gasteiger partial charge in [0, 0.05) is 11.6 Å².